The summed E-state index contributed by atoms with van der Waals surface area (Å²) in [5.41, 5.74) is -1.44. The van der Waals surface area contributed by atoms with Crippen LogP contribution in [0.4, 0.5) is 0 Å². The fourth-order valence-electron chi connectivity index (χ4n) is 10.1. The predicted molar refractivity (Wildman–Crippen MR) is 336 cm³/mol. The number of hydrogen-bond donors (Lipinski definition) is 18. The fraction of sp³-hybridized carbons (Fsp3) is 0.871. The number of carbonyl (C=O) groups is 8. The Kier molecular flexibility index (Phi) is 44.4. The Hall–Kier alpha value is -4.68. The van der Waals surface area contributed by atoms with E-state index in [1.807, 2.05) is 0 Å². The van der Waals surface area contributed by atoms with Crippen LogP contribution in [-0.4, -0.2) is 318 Å². The molecular formula is C62H110N6O29. The fourth-order valence-corrected chi connectivity index (χ4v) is 10.1. The first-order valence-electron chi connectivity index (χ1n) is 33.6. The summed E-state index contributed by atoms with van der Waals surface area (Å²) in [5.74, 6) is -2.21. The Bertz CT molecular complexity index is 2050. The molecule has 35 nitrogen and oxygen atoms in total. The van der Waals surface area contributed by atoms with Crippen LogP contribution in [0.5, 0.6) is 0 Å². The van der Waals surface area contributed by atoms with Crippen LogP contribution in [0.25, 0.3) is 0 Å². The molecule has 3 rings (SSSR count). The number of rotatable bonds is 54. The second-order valence-electron chi connectivity index (χ2n) is 24.3. The monoisotopic (exact) mass is 1400 g/mol. The first kappa shape index (κ1) is 86.5. The van der Waals surface area contributed by atoms with Crippen molar-refractivity contribution in [3.8, 4) is 0 Å². The van der Waals surface area contributed by atoms with Crippen molar-refractivity contribution in [3.63, 3.8) is 0 Å². The Morgan fingerprint density at radius 1 is 0.330 bits per heavy atom. The molecule has 0 aliphatic carbocycles. The highest BCUT2D eigenvalue weighted by atomic mass is 16.7. The van der Waals surface area contributed by atoms with Crippen LogP contribution >= 0.6 is 0 Å². The highest BCUT2D eigenvalue weighted by molar-refractivity contribution is 5.80. The van der Waals surface area contributed by atoms with Gasteiger partial charge in [0.2, 0.25) is 35.4 Å². The normalized spacial score (nSPS) is 26.3. The molecule has 35 heteroatoms. The summed E-state index contributed by atoms with van der Waals surface area (Å²) in [6, 6.07) is 0. The summed E-state index contributed by atoms with van der Waals surface area (Å²) in [6.45, 7) is -0.111. The number of unbranched alkanes of at least 4 members (excludes halogenated alkanes) is 4. The van der Waals surface area contributed by atoms with Crippen molar-refractivity contribution in [2.45, 2.75) is 233 Å². The molecule has 3 aliphatic rings. The van der Waals surface area contributed by atoms with Crippen molar-refractivity contribution in [2.75, 3.05) is 112 Å². The number of hydrogen-bond acceptors (Lipinski definition) is 29. The molecule has 0 aromatic carbocycles. The minimum absolute atomic E-state index is 0.000819. The SMILES string of the molecule is CC(=O)CCCC(=O)NC(COCCC(=O)NCCCCC(=O)CCCCO[C@@H]1OC(CO)[C@@H](O)[C@H](O)C1O)(COCCC(=O)NCCCNC(=O)CCCCO[C@@H]1OC(CO)[C@@H](O)[C@H](O)C1O)COCCC(=O)NCCCNC(=O)CCCCO[C@@H]1OC(CO)[C@@H](O)[C@H](O)C1O. The maximum absolute atomic E-state index is 13.5. The molecule has 0 aromatic heterocycles. The molecule has 18 N–H and O–H groups in total. The van der Waals surface area contributed by atoms with Gasteiger partial charge in [-0.2, -0.15) is 0 Å². The Labute approximate surface area is 564 Å². The molecule has 0 aromatic rings. The lowest BCUT2D eigenvalue weighted by atomic mass is 9.99. The molecule has 0 spiro atoms. The van der Waals surface area contributed by atoms with E-state index < -0.39 is 123 Å². The van der Waals surface area contributed by atoms with Crippen LogP contribution in [0.1, 0.15) is 135 Å². The van der Waals surface area contributed by atoms with Crippen molar-refractivity contribution >= 4 is 47.0 Å². The third-order valence-corrected chi connectivity index (χ3v) is 15.9. The number of aliphatic hydroxyl groups excluding tert-OH is 12. The highest BCUT2D eigenvalue weighted by Crippen LogP contribution is 2.25. The summed E-state index contributed by atoms with van der Waals surface area (Å²) < 4.78 is 50.2. The lowest BCUT2D eigenvalue weighted by Crippen LogP contribution is -2.59. The van der Waals surface area contributed by atoms with Gasteiger partial charge in [-0.1, -0.05) is 0 Å². The van der Waals surface area contributed by atoms with E-state index in [0.717, 1.165) is 0 Å². The minimum atomic E-state index is -1.57. The topological polar surface area (TPSA) is 535 Å². The van der Waals surface area contributed by atoms with E-state index in [1.54, 1.807) is 0 Å². The average molecular weight is 1400 g/mol. The molecule has 3 saturated heterocycles. The van der Waals surface area contributed by atoms with Gasteiger partial charge in [0.15, 0.2) is 18.9 Å². The largest absolute Gasteiger partial charge is 0.394 e. The van der Waals surface area contributed by atoms with E-state index >= 15 is 0 Å². The van der Waals surface area contributed by atoms with Gasteiger partial charge in [0, 0.05) is 110 Å². The third-order valence-electron chi connectivity index (χ3n) is 15.9. The number of ketones is 2. The smallest absolute Gasteiger partial charge is 0.222 e. The Morgan fingerprint density at radius 2 is 0.629 bits per heavy atom. The van der Waals surface area contributed by atoms with Gasteiger partial charge < -0.3 is 141 Å². The molecule has 6 unspecified atom stereocenters. The summed E-state index contributed by atoms with van der Waals surface area (Å²) in [4.78, 5) is 101. The summed E-state index contributed by atoms with van der Waals surface area (Å²) in [5, 5.41) is 135. The zero-order valence-corrected chi connectivity index (χ0v) is 55.6. The van der Waals surface area contributed by atoms with Crippen LogP contribution in [0.15, 0.2) is 0 Å². The van der Waals surface area contributed by atoms with Gasteiger partial charge in [0.05, 0.1) is 59.5 Å². The van der Waals surface area contributed by atoms with Crippen molar-refractivity contribution in [2.24, 2.45) is 0 Å². The standard InChI is InChI=1S/C62H110N6O29/c1-39(72)13-10-18-49(79)68-62(36-89-30-19-46(76)63-22-6-2-14-40(73)15-3-7-27-92-59-56(86)53(83)50(80)41(33-69)95-59,37-90-31-20-47(77)66-25-11-23-64-44(74)16-4-8-28-93-60-57(87)54(84)51(81)42(34-70)96-60)38-91-32-21-48(78)67-26-12-24-65-45(75)17-5-9-29-94-61-58(88)55(85)52(82)43(35-71)97-61/h41-43,50-61,69-71,80-88H,2-38H2,1H3,(H,63,76)(H,64,74)(H,65,75)(H,66,77)(H,67,78)(H,68,79)/t41?,42?,43?,50-,51-,52-,53+,54+,55+,56?,57?,58?,59-,60-,61-,62?/m1/s1. The number of carbonyl (C=O) groups excluding carboxylic acids is 8. The van der Waals surface area contributed by atoms with Gasteiger partial charge in [-0.15, -0.1) is 0 Å². The van der Waals surface area contributed by atoms with Crippen molar-refractivity contribution in [3.05, 3.63) is 0 Å². The predicted octanol–water partition coefficient (Wildman–Crippen LogP) is -6.12. The van der Waals surface area contributed by atoms with E-state index in [9.17, 15) is 99.6 Å². The summed E-state index contributed by atoms with van der Waals surface area (Å²) in [7, 11) is 0. The molecule has 0 radical (unpaired) electrons. The zero-order valence-electron chi connectivity index (χ0n) is 55.6. The third kappa shape index (κ3) is 35.0. The maximum Gasteiger partial charge on any atom is 0.222 e. The quantitative estimate of drug-likeness (QED) is 0.0252. The first-order valence-corrected chi connectivity index (χ1v) is 33.6. The van der Waals surface area contributed by atoms with E-state index in [0.29, 0.717) is 64.2 Å². The van der Waals surface area contributed by atoms with E-state index in [-0.39, 0.29) is 197 Å². The molecule has 3 heterocycles. The van der Waals surface area contributed by atoms with Gasteiger partial charge in [-0.25, -0.2) is 0 Å². The number of ether oxygens (including phenoxy) is 9. The van der Waals surface area contributed by atoms with E-state index in [2.05, 4.69) is 31.9 Å². The molecule has 97 heavy (non-hydrogen) atoms. The summed E-state index contributed by atoms with van der Waals surface area (Å²) >= 11 is 0. The molecule has 15 atom stereocenters. The second-order valence-corrected chi connectivity index (χ2v) is 24.3. The molecule has 3 fully saturated rings. The lowest BCUT2D eigenvalue weighted by molar-refractivity contribution is -0.301. The molecule has 0 saturated carbocycles. The van der Waals surface area contributed by atoms with Gasteiger partial charge in [0.25, 0.3) is 0 Å². The molecule has 6 amide bonds. The lowest BCUT2D eigenvalue weighted by Gasteiger charge is -2.39. The van der Waals surface area contributed by atoms with Gasteiger partial charge in [-0.3, -0.25) is 33.6 Å². The minimum Gasteiger partial charge on any atom is -0.394 e. The number of aliphatic hydroxyl groups is 12. The zero-order chi connectivity index (χ0) is 71.5. The summed E-state index contributed by atoms with van der Waals surface area (Å²) in [6.07, 6.45) is -15.8. The van der Waals surface area contributed by atoms with Crippen molar-refractivity contribution in [1.29, 1.82) is 0 Å². The second kappa shape index (κ2) is 49.8. The average Bonchev–Trinajstić information content (AvgIpc) is 0.860. The molecule has 0 bridgehead atoms. The maximum atomic E-state index is 13.5. The van der Waals surface area contributed by atoms with Crippen molar-refractivity contribution in [1.82, 2.24) is 31.9 Å². The Balaban J connectivity index is 1.45. The van der Waals surface area contributed by atoms with Gasteiger partial charge >= 0.3 is 0 Å². The van der Waals surface area contributed by atoms with Crippen molar-refractivity contribution < 1.29 is 142 Å². The van der Waals surface area contributed by atoms with Gasteiger partial charge in [-0.05, 0) is 77.6 Å². The van der Waals surface area contributed by atoms with Crippen LogP contribution < -0.4 is 31.9 Å². The number of Topliss-reactive ketones (excluding diaryl/α,β-unsaturated/α-hetero) is 2. The van der Waals surface area contributed by atoms with Gasteiger partial charge in [0.1, 0.15) is 90.4 Å². The highest BCUT2D eigenvalue weighted by Gasteiger charge is 2.46. The first-order chi connectivity index (χ1) is 46.5. The molecule has 3 aliphatic heterocycles. The molecular weight excluding hydrogens is 1290 g/mol. The van der Waals surface area contributed by atoms with E-state index in [4.69, 9.17) is 42.6 Å². The van der Waals surface area contributed by atoms with Crippen LogP contribution in [0.3, 0.4) is 0 Å². The van der Waals surface area contributed by atoms with E-state index in [1.165, 1.54) is 6.92 Å². The number of nitrogens with one attached hydrogen (secondary N) is 6. The van der Waals surface area contributed by atoms with Crippen LogP contribution in [-0.2, 0) is 81.0 Å². The van der Waals surface area contributed by atoms with Crippen LogP contribution in [0, 0.1) is 0 Å². The Morgan fingerprint density at radius 3 is 0.959 bits per heavy atom. The molecule has 562 valence electrons. The number of amides is 6. The van der Waals surface area contributed by atoms with Crippen LogP contribution in [0.2, 0.25) is 0 Å².